The van der Waals surface area contributed by atoms with Gasteiger partial charge in [-0.05, 0) is 44.3 Å². The summed E-state index contributed by atoms with van der Waals surface area (Å²) in [6.45, 7) is 4.25. The monoisotopic (exact) mass is 264 g/mol. The molecule has 2 aliphatic heterocycles. The van der Waals surface area contributed by atoms with Crippen LogP contribution in [-0.4, -0.2) is 48.9 Å². The molecule has 1 amide bonds. The smallest absolute Gasteiger partial charge is 0.254 e. The number of likely N-dealkylation sites (tertiary alicyclic amines) is 2. The molecular formula is C14H20N2OS. The first-order valence-corrected chi connectivity index (χ1v) is 7.63. The molecule has 0 aliphatic carbocycles. The maximum absolute atomic E-state index is 12.3. The van der Waals surface area contributed by atoms with E-state index < -0.39 is 0 Å². The fraction of sp³-hybridized carbons (Fsp3) is 0.643. The van der Waals surface area contributed by atoms with Crippen LogP contribution in [0.5, 0.6) is 0 Å². The molecule has 1 aromatic heterocycles. The second kappa shape index (κ2) is 4.67. The Morgan fingerprint density at radius 2 is 2.22 bits per heavy atom. The van der Waals surface area contributed by atoms with Gasteiger partial charge in [-0.1, -0.05) is 0 Å². The first kappa shape index (κ1) is 12.2. The molecule has 3 nitrogen and oxygen atoms in total. The molecule has 0 bridgehead atoms. The van der Waals surface area contributed by atoms with Crippen LogP contribution >= 0.6 is 11.3 Å². The highest BCUT2D eigenvalue weighted by Crippen LogP contribution is 2.39. The van der Waals surface area contributed by atoms with Crippen molar-refractivity contribution in [3.8, 4) is 0 Å². The Morgan fingerprint density at radius 3 is 2.94 bits per heavy atom. The van der Waals surface area contributed by atoms with Gasteiger partial charge in [0.05, 0.1) is 5.56 Å². The predicted octanol–water partition coefficient (Wildman–Crippen LogP) is 2.31. The lowest BCUT2D eigenvalue weighted by Gasteiger charge is -2.38. The number of hydrogen-bond acceptors (Lipinski definition) is 3. The lowest BCUT2D eigenvalue weighted by molar-refractivity contribution is 0.0723. The summed E-state index contributed by atoms with van der Waals surface area (Å²) in [5.41, 5.74) is 1.24. The number of hydrogen-bond donors (Lipinski definition) is 0. The quantitative estimate of drug-likeness (QED) is 0.777. The molecule has 0 N–H and O–H groups in total. The van der Waals surface area contributed by atoms with Crippen molar-refractivity contribution in [3.63, 3.8) is 0 Å². The maximum Gasteiger partial charge on any atom is 0.254 e. The number of carbonyl (C=O) groups excluding carboxylic acids is 1. The summed E-state index contributed by atoms with van der Waals surface area (Å²) in [6.07, 6.45) is 3.73. The van der Waals surface area contributed by atoms with Gasteiger partial charge in [0.2, 0.25) is 0 Å². The lowest BCUT2D eigenvalue weighted by atomic mass is 9.79. The molecule has 1 aromatic rings. The molecule has 18 heavy (non-hydrogen) atoms. The number of thiophene rings is 1. The fourth-order valence-corrected chi connectivity index (χ4v) is 4.09. The van der Waals surface area contributed by atoms with Gasteiger partial charge in [0.25, 0.3) is 5.91 Å². The van der Waals surface area contributed by atoms with Crippen molar-refractivity contribution in [2.75, 3.05) is 33.2 Å². The summed E-state index contributed by atoms with van der Waals surface area (Å²) in [7, 11) is 2.20. The first-order chi connectivity index (χ1) is 8.69. The second-order valence-electron chi connectivity index (χ2n) is 5.83. The van der Waals surface area contributed by atoms with Crippen molar-refractivity contribution >= 4 is 17.2 Å². The average Bonchev–Trinajstić information content (AvgIpc) is 2.98. The minimum atomic E-state index is 0.223. The molecule has 0 aromatic carbocycles. The standard InChI is InChI=1S/C14H20N2OS/c1-15-6-2-4-14(10-15)5-7-16(11-14)13(17)12-3-8-18-9-12/h3,8-9H,2,4-7,10-11H2,1H3. The molecule has 2 fully saturated rings. The minimum absolute atomic E-state index is 0.223. The molecule has 98 valence electrons. The first-order valence-electron chi connectivity index (χ1n) is 6.69. The Balaban J connectivity index is 1.69. The number of amides is 1. The topological polar surface area (TPSA) is 23.6 Å². The largest absolute Gasteiger partial charge is 0.338 e. The van der Waals surface area contributed by atoms with E-state index in [1.165, 1.54) is 25.8 Å². The third-order valence-electron chi connectivity index (χ3n) is 4.35. The Bertz CT molecular complexity index is 431. The molecule has 2 aliphatic rings. The van der Waals surface area contributed by atoms with Crippen LogP contribution in [0.4, 0.5) is 0 Å². The number of rotatable bonds is 1. The highest BCUT2D eigenvalue weighted by Gasteiger charge is 2.42. The number of carbonyl (C=O) groups is 1. The Morgan fingerprint density at radius 1 is 1.33 bits per heavy atom. The molecule has 4 heteroatoms. The summed E-state index contributed by atoms with van der Waals surface area (Å²) >= 11 is 1.60. The van der Waals surface area contributed by atoms with Crippen molar-refractivity contribution in [1.29, 1.82) is 0 Å². The van der Waals surface area contributed by atoms with Crippen molar-refractivity contribution < 1.29 is 4.79 Å². The van der Waals surface area contributed by atoms with E-state index in [0.717, 1.165) is 25.2 Å². The third kappa shape index (κ3) is 2.19. The molecular weight excluding hydrogens is 244 g/mol. The second-order valence-corrected chi connectivity index (χ2v) is 6.61. The molecule has 1 unspecified atom stereocenters. The van der Waals surface area contributed by atoms with Crippen LogP contribution in [0.1, 0.15) is 29.6 Å². The van der Waals surface area contributed by atoms with Gasteiger partial charge >= 0.3 is 0 Å². The minimum Gasteiger partial charge on any atom is -0.338 e. The Kier molecular flexibility index (Phi) is 3.16. The van der Waals surface area contributed by atoms with Crippen LogP contribution in [0.25, 0.3) is 0 Å². The zero-order chi connectivity index (χ0) is 12.6. The van der Waals surface area contributed by atoms with Gasteiger partial charge in [0, 0.05) is 30.4 Å². The maximum atomic E-state index is 12.3. The molecule has 3 rings (SSSR count). The van der Waals surface area contributed by atoms with Crippen LogP contribution in [-0.2, 0) is 0 Å². The van der Waals surface area contributed by atoms with Gasteiger partial charge in [0.1, 0.15) is 0 Å². The van der Waals surface area contributed by atoms with Crippen molar-refractivity contribution in [2.24, 2.45) is 5.41 Å². The SMILES string of the molecule is CN1CCCC2(CCN(C(=O)c3ccsc3)C2)C1. The van der Waals surface area contributed by atoms with Crippen LogP contribution in [0, 0.1) is 5.41 Å². The van der Waals surface area contributed by atoms with E-state index in [1.54, 1.807) is 11.3 Å². The summed E-state index contributed by atoms with van der Waals surface area (Å²) in [4.78, 5) is 16.8. The van der Waals surface area contributed by atoms with E-state index in [-0.39, 0.29) is 5.91 Å². The van der Waals surface area contributed by atoms with E-state index in [2.05, 4.69) is 16.8 Å². The van der Waals surface area contributed by atoms with Crippen LogP contribution in [0.3, 0.4) is 0 Å². The third-order valence-corrected chi connectivity index (χ3v) is 5.03. The zero-order valence-corrected chi connectivity index (χ0v) is 11.7. The van der Waals surface area contributed by atoms with Crippen LogP contribution in [0.2, 0.25) is 0 Å². The fourth-order valence-electron chi connectivity index (χ4n) is 3.46. The van der Waals surface area contributed by atoms with E-state index in [0.29, 0.717) is 5.41 Å². The highest BCUT2D eigenvalue weighted by molar-refractivity contribution is 7.08. The van der Waals surface area contributed by atoms with Gasteiger partial charge in [-0.15, -0.1) is 0 Å². The predicted molar refractivity (Wildman–Crippen MR) is 74.0 cm³/mol. The summed E-state index contributed by atoms with van der Waals surface area (Å²) in [5, 5.41) is 3.94. The number of piperidine rings is 1. The molecule has 1 spiro atoms. The summed E-state index contributed by atoms with van der Waals surface area (Å²) < 4.78 is 0. The average molecular weight is 264 g/mol. The summed E-state index contributed by atoms with van der Waals surface area (Å²) in [6, 6.07) is 1.94. The van der Waals surface area contributed by atoms with Gasteiger partial charge < -0.3 is 9.80 Å². The normalized spacial score (nSPS) is 29.1. The van der Waals surface area contributed by atoms with E-state index in [4.69, 9.17) is 0 Å². The highest BCUT2D eigenvalue weighted by atomic mass is 32.1. The molecule has 3 heterocycles. The van der Waals surface area contributed by atoms with Crippen molar-refractivity contribution in [1.82, 2.24) is 9.80 Å². The Hall–Kier alpha value is -0.870. The van der Waals surface area contributed by atoms with Crippen LogP contribution < -0.4 is 0 Å². The summed E-state index contributed by atoms with van der Waals surface area (Å²) in [5.74, 6) is 0.223. The molecule has 2 saturated heterocycles. The van der Waals surface area contributed by atoms with E-state index in [9.17, 15) is 4.79 Å². The Labute approximate surface area is 112 Å². The molecule has 0 radical (unpaired) electrons. The van der Waals surface area contributed by atoms with Crippen molar-refractivity contribution in [3.05, 3.63) is 22.4 Å². The molecule has 1 atom stereocenters. The van der Waals surface area contributed by atoms with E-state index in [1.807, 2.05) is 16.8 Å². The number of nitrogens with zero attached hydrogens (tertiary/aromatic N) is 2. The van der Waals surface area contributed by atoms with Gasteiger partial charge in [-0.3, -0.25) is 4.79 Å². The van der Waals surface area contributed by atoms with Gasteiger partial charge in [-0.2, -0.15) is 11.3 Å². The van der Waals surface area contributed by atoms with Gasteiger partial charge in [-0.25, -0.2) is 0 Å². The lowest BCUT2D eigenvalue weighted by Crippen LogP contribution is -2.43. The van der Waals surface area contributed by atoms with E-state index >= 15 is 0 Å². The molecule has 0 saturated carbocycles. The van der Waals surface area contributed by atoms with Crippen LogP contribution in [0.15, 0.2) is 16.8 Å². The zero-order valence-electron chi connectivity index (χ0n) is 10.9. The van der Waals surface area contributed by atoms with Gasteiger partial charge in [0.15, 0.2) is 0 Å². The van der Waals surface area contributed by atoms with Crippen molar-refractivity contribution in [2.45, 2.75) is 19.3 Å².